The fourth-order valence-electron chi connectivity index (χ4n) is 4.75. The molecule has 11 heteroatoms. The lowest BCUT2D eigenvalue weighted by Crippen LogP contribution is -2.47. The average Bonchev–Trinajstić information content (AvgIpc) is 3.40. The van der Waals surface area contributed by atoms with Gasteiger partial charge < -0.3 is 15.2 Å². The van der Waals surface area contributed by atoms with E-state index >= 15 is 0 Å². The first-order chi connectivity index (χ1) is 17.4. The maximum Gasteiger partial charge on any atom is 0.251 e. The summed E-state index contributed by atoms with van der Waals surface area (Å²) < 4.78 is 31.8. The number of aromatic nitrogens is 3. The Hall–Kier alpha value is -2.60. The number of rotatable bonds is 9. The first-order valence-electron chi connectivity index (χ1n) is 12.2. The third-order valence-corrected chi connectivity index (χ3v) is 7.97. The third-order valence-electron chi connectivity index (χ3n) is 7.03. The number of hydrogen-bond donors (Lipinski definition) is 2. The lowest BCUT2D eigenvalue weighted by atomic mass is 9.79. The highest BCUT2D eigenvalue weighted by Crippen LogP contribution is 2.34. The SMILES string of the molecule is CN(CC(F)F)C1CC(C(=O)Nc2nc3ccc(-c4cnc(CO[C@H]5CCC[C@@H]5O)nc4)cc3s2)C1. The molecule has 1 aromatic carbocycles. The molecule has 0 radical (unpaired) electrons. The predicted molar refractivity (Wildman–Crippen MR) is 133 cm³/mol. The molecule has 2 heterocycles. The van der Waals surface area contributed by atoms with Crippen LogP contribution in [0.4, 0.5) is 13.9 Å². The number of benzene rings is 1. The Bertz CT molecular complexity index is 1200. The van der Waals surface area contributed by atoms with Crippen LogP contribution in [0.25, 0.3) is 21.3 Å². The number of halogens is 2. The van der Waals surface area contributed by atoms with Crippen molar-refractivity contribution >= 4 is 32.6 Å². The normalized spacial score (nSPS) is 23.9. The van der Waals surface area contributed by atoms with Gasteiger partial charge in [-0.15, -0.1) is 0 Å². The quantitative estimate of drug-likeness (QED) is 0.441. The molecule has 2 aromatic heterocycles. The van der Waals surface area contributed by atoms with Gasteiger partial charge in [-0.1, -0.05) is 17.4 Å². The molecule has 36 heavy (non-hydrogen) atoms. The molecular formula is C25H29F2N5O3S. The smallest absolute Gasteiger partial charge is 0.251 e. The molecule has 2 aliphatic rings. The number of thiazole rings is 1. The van der Waals surface area contributed by atoms with E-state index in [2.05, 4.69) is 20.3 Å². The Labute approximate surface area is 211 Å². The van der Waals surface area contributed by atoms with Crippen LogP contribution in [0.1, 0.15) is 37.9 Å². The molecule has 0 bridgehead atoms. The summed E-state index contributed by atoms with van der Waals surface area (Å²) in [5.74, 6) is 0.266. The number of nitrogens with one attached hydrogen (secondary N) is 1. The van der Waals surface area contributed by atoms with Gasteiger partial charge in [-0.25, -0.2) is 23.7 Å². The second-order valence-electron chi connectivity index (χ2n) is 9.58. The Balaban J connectivity index is 1.17. The zero-order chi connectivity index (χ0) is 25.2. The van der Waals surface area contributed by atoms with Gasteiger partial charge in [0.1, 0.15) is 6.61 Å². The first-order valence-corrected chi connectivity index (χ1v) is 13.0. The van der Waals surface area contributed by atoms with Crippen molar-refractivity contribution in [3.8, 4) is 11.1 Å². The maximum absolute atomic E-state index is 12.6. The van der Waals surface area contributed by atoms with Crippen LogP contribution < -0.4 is 5.32 Å². The summed E-state index contributed by atoms with van der Waals surface area (Å²) in [5, 5.41) is 13.3. The maximum atomic E-state index is 12.6. The second kappa shape index (κ2) is 10.8. The molecule has 2 atom stereocenters. The Kier molecular flexibility index (Phi) is 7.52. The van der Waals surface area contributed by atoms with Crippen molar-refractivity contribution in [1.82, 2.24) is 19.9 Å². The topological polar surface area (TPSA) is 100 Å². The van der Waals surface area contributed by atoms with E-state index in [1.54, 1.807) is 24.3 Å². The van der Waals surface area contributed by atoms with Gasteiger partial charge in [0, 0.05) is 29.9 Å². The zero-order valence-electron chi connectivity index (χ0n) is 19.9. The Morgan fingerprint density at radius 2 is 2.03 bits per heavy atom. The minimum Gasteiger partial charge on any atom is -0.390 e. The summed E-state index contributed by atoms with van der Waals surface area (Å²) in [6.07, 6.45) is 4.33. The number of nitrogens with zero attached hydrogens (tertiary/aromatic N) is 4. The molecule has 192 valence electrons. The monoisotopic (exact) mass is 517 g/mol. The highest BCUT2D eigenvalue weighted by atomic mass is 32.1. The van der Waals surface area contributed by atoms with Crippen molar-refractivity contribution in [3.05, 3.63) is 36.4 Å². The number of anilines is 1. The van der Waals surface area contributed by atoms with Crippen molar-refractivity contribution in [1.29, 1.82) is 0 Å². The van der Waals surface area contributed by atoms with Gasteiger partial charge in [-0.05, 0) is 56.8 Å². The van der Waals surface area contributed by atoms with Crippen LogP contribution in [-0.4, -0.2) is 69.1 Å². The highest BCUT2D eigenvalue weighted by molar-refractivity contribution is 7.22. The van der Waals surface area contributed by atoms with Crippen LogP contribution in [-0.2, 0) is 16.1 Å². The van der Waals surface area contributed by atoms with E-state index < -0.39 is 12.5 Å². The third kappa shape index (κ3) is 5.69. The predicted octanol–water partition coefficient (Wildman–Crippen LogP) is 4.10. The average molecular weight is 518 g/mol. The molecule has 2 N–H and O–H groups in total. The van der Waals surface area contributed by atoms with Crippen molar-refractivity contribution < 1.29 is 23.4 Å². The largest absolute Gasteiger partial charge is 0.390 e. The molecule has 5 rings (SSSR count). The fourth-order valence-corrected chi connectivity index (χ4v) is 5.66. The first kappa shape index (κ1) is 25.1. The van der Waals surface area contributed by atoms with Crippen molar-refractivity contribution in [3.63, 3.8) is 0 Å². The molecule has 8 nitrogen and oxygen atoms in total. The number of carbonyl (C=O) groups excluding carboxylic acids is 1. The Morgan fingerprint density at radius 1 is 1.25 bits per heavy atom. The molecule has 0 aliphatic heterocycles. The van der Waals surface area contributed by atoms with Crippen LogP contribution in [0.2, 0.25) is 0 Å². The zero-order valence-corrected chi connectivity index (χ0v) is 20.8. The number of hydrogen-bond acceptors (Lipinski definition) is 8. The van der Waals surface area contributed by atoms with Gasteiger partial charge in [-0.3, -0.25) is 9.69 Å². The number of alkyl halides is 2. The second-order valence-corrected chi connectivity index (χ2v) is 10.6. The lowest BCUT2D eigenvalue weighted by molar-refractivity contribution is -0.124. The van der Waals surface area contributed by atoms with Crippen molar-refractivity contribution in [2.24, 2.45) is 5.92 Å². The van der Waals surface area contributed by atoms with Crippen LogP contribution in [0.3, 0.4) is 0 Å². The van der Waals surface area contributed by atoms with E-state index in [-0.39, 0.29) is 37.1 Å². The fraction of sp³-hybridized carbons (Fsp3) is 0.520. The van der Waals surface area contributed by atoms with Gasteiger partial charge in [0.25, 0.3) is 6.43 Å². The van der Waals surface area contributed by atoms with E-state index in [9.17, 15) is 18.7 Å². The number of amides is 1. The van der Waals surface area contributed by atoms with Gasteiger partial charge >= 0.3 is 0 Å². The van der Waals surface area contributed by atoms with E-state index in [1.807, 2.05) is 18.2 Å². The van der Waals surface area contributed by atoms with E-state index in [1.165, 1.54) is 11.3 Å². The van der Waals surface area contributed by atoms with Crippen LogP contribution in [0.5, 0.6) is 0 Å². The standard InChI is InChI=1S/C25H29F2N5O3S/c1-32(12-22(26)27)17-7-15(8-17)24(34)31-25-30-18-6-5-14(9-21(18)36-25)16-10-28-23(29-11-16)13-35-20-4-2-3-19(20)33/h5-6,9-11,15,17,19-20,22,33H,2-4,7-8,12-13H2,1H3,(H,30,31,34)/t15?,17?,19-,20-/m0/s1. The van der Waals surface area contributed by atoms with Crippen LogP contribution >= 0.6 is 11.3 Å². The molecule has 2 saturated carbocycles. The Morgan fingerprint density at radius 3 is 2.72 bits per heavy atom. The molecule has 1 amide bonds. The van der Waals surface area contributed by atoms with Crippen LogP contribution in [0, 0.1) is 5.92 Å². The summed E-state index contributed by atoms with van der Waals surface area (Å²) in [5.41, 5.74) is 2.57. The van der Waals surface area contributed by atoms with Gasteiger partial charge in [0.2, 0.25) is 5.91 Å². The summed E-state index contributed by atoms with van der Waals surface area (Å²) in [6.45, 7) is -0.00541. The lowest BCUT2D eigenvalue weighted by Gasteiger charge is -2.40. The molecule has 2 fully saturated rings. The summed E-state index contributed by atoms with van der Waals surface area (Å²) in [6, 6.07) is 5.84. The summed E-state index contributed by atoms with van der Waals surface area (Å²) in [4.78, 5) is 27.5. The van der Waals surface area contributed by atoms with Gasteiger partial charge in [0.15, 0.2) is 11.0 Å². The molecule has 0 spiro atoms. The summed E-state index contributed by atoms with van der Waals surface area (Å²) >= 11 is 1.39. The molecular weight excluding hydrogens is 488 g/mol. The molecule has 2 aliphatic carbocycles. The number of aliphatic hydroxyl groups is 1. The van der Waals surface area contributed by atoms with E-state index in [0.717, 1.165) is 40.6 Å². The highest BCUT2D eigenvalue weighted by Gasteiger charge is 2.37. The van der Waals surface area contributed by atoms with E-state index in [0.29, 0.717) is 23.8 Å². The minimum absolute atomic E-state index is 0.0159. The summed E-state index contributed by atoms with van der Waals surface area (Å²) in [7, 11) is 1.67. The molecule has 0 unspecified atom stereocenters. The van der Waals surface area contributed by atoms with Crippen molar-refractivity contribution in [2.75, 3.05) is 18.9 Å². The van der Waals surface area contributed by atoms with E-state index in [4.69, 9.17) is 4.74 Å². The van der Waals surface area contributed by atoms with Gasteiger partial charge in [0.05, 0.1) is 29.0 Å². The van der Waals surface area contributed by atoms with Crippen LogP contribution in [0.15, 0.2) is 30.6 Å². The van der Waals surface area contributed by atoms with Gasteiger partial charge in [-0.2, -0.15) is 0 Å². The molecule has 0 saturated heterocycles. The minimum atomic E-state index is -2.37. The molecule has 3 aromatic rings. The number of aliphatic hydroxyl groups excluding tert-OH is 1. The number of carbonyl (C=O) groups is 1. The number of fused-ring (bicyclic) bond motifs is 1. The van der Waals surface area contributed by atoms with Crippen molar-refractivity contribution in [2.45, 2.75) is 63.4 Å². The number of ether oxygens (including phenoxy) is 1.